The van der Waals surface area contributed by atoms with Gasteiger partial charge in [0.25, 0.3) is 11.1 Å². The molecule has 178 valence electrons. The maximum atomic E-state index is 13.4. The lowest BCUT2D eigenvalue weighted by Crippen LogP contribution is -2.33. The van der Waals surface area contributed by atoms with Crippen LogP contribution in [0, 0.1) is 20.8 Å². The monoisotopic (exact) mass is 480 g/mol. The molecule has 0 atom stereocenters. The van der Waals surface area contributed by atoms with Gasteiger partial charge in [-0.1, -0.05) is 18.2 Å². The number of benzene rings is 1. The first kappa shape index (κ1) is 23.7. The average molecular weight is 481 g/mol. The lowest BCUT2D eigenvalue weighted by atomic mass is 10.2. The summed E-state index contributed by atoms with van der Waals surface area (Å²) in [5.74, 6) is 0.0456. The molecule has 3 heterocycles. The van der Waals surface area contributed by atoms with Crippen LogP contribution in [0.3, 0.4) is 0 Å². The lowest BCUT2D eigenvalue weighted by Gasteiger charge is -2.15. The first-order valence-corrected chi connectivity index (χ1v) is 11.7. The summed E-state index contributed by atoms with van der Waals surface area (Å²) in [6.45, 7) is 5.79. The highest BCUT2D eigenvalue weighted by Gasteiger charge is 2.21. The van der Waals surface area contributed by atoms with Gasteiger partial charge in [0.05, 0.1) is 23.3 Å². The zero-order valence-electron chi connectivity index (χ0n) is 20.2. The number of carbonyl (C=O) groups excluding carboxylic acids is 1. The molecule has 0 spiro atoms. The number of carbonyl (C=O) groups is 1. The summed E-state index contributed by atoms with van der Waals surface area (Å²) in [5.41, 5.74) is 1.80. The summed E-state index contributed by atoms with van der Waals surface area (Å²) in [5, 5.41) is 3.28. The van der Waals surface area contributed by atoms with Crippen molar-refractivity contribution in [3.8, 4) is 5.69 Å². The Kier molecular flexibility index (Phi) is 6.28. The zero-order valence-corrected chi connectivity index (χ0v) is 21.0. The van der Waals surface area contributed by atoms with E-state index < -0.39 is 5.91 Å². The van der Waals surface area contributed by atoms with Crippen molar-refractivity contribution in [1.29, 1.82) is 0 Å². The topological polar surface area (TPSA) is 94.2 Å². The standard InChI is InChI=1S/C24H28N6O3S/c1-14-16(3)34-22-20(14)23(32)29(18(25-22)12-27(4)5)13-19(31)26-21-15(2)28(6)30(24(21)33)17-10-8-7-9-11-17/h7-11H,12-13H2,1-6H3,(H,26,31). The van der Waals surface area contributed by atoms with Crippen LogP contribution in [0.25, 0.3) is 15.9 Å². The van der Waals surface area contributed by atoms with Gasteiger partial charge >= 0.3 is 0 Å². The minimum Gasteiger partial charge on any atom is -0.318 e. The van der Waals surface area contributed by atoms with E-state index in [1.807, 2.05) is 63.2 Å². The van der Waals surface area contributed by atoms with E-state index in [-0.39, 0.29) is 23.4 Å². The average Bonchev–Trinajstić information content (AvgIpc) is 3.18. The molecule has 0 unspecified atom stereocenters. The van der Waals surface area contributed by atoms with Gasteiger partial charge in [0.15, 0.2) is 0 Å². The predicted octanol–water partition coefficient (Wildman–Crippen LogP) is 2.57. The Hall–Kier alpha value is -3.50. The van der Waals surface area contributed by atoms with E-state index >= 15 is 0 Å². The molecule has 4 rings (SSSR count). The Morgan fingerprint density at radius 1 is 1.09 bits per heavy atom. The van der Waals surface area contributed by atoms with Crippen molar-refractivity contribution >= 4 is 33.1 Å². The van der Waals surface area contributed by atoms with Crippen molar-refractivity contribution in [1.82, 2.24) is 23.8 Å². The number of thiophene rings is 1. The molecule has 0 fully saturated rings. The van der Waals surface area contributed by atoms with Gasteiger partial charge in [0, 0.05) is 11.9 Å². The summed E-state index contributed by atoms with van der Waals surface area (Å²) in [6, 6.07) is 9.21. The van der Waals surface area contributed by atoms with E-state index in [0.29, 0.717) is 34.0 Å². The number of fused-ring (bicyclic) bond motifs is 1. The molecular weight excluding hydrogens is 452 g/mol. The number of hydrogen-bond donors (Lipinski definition) is 1. The van der Waals surface area contributed by atoms with Crippen molar-refractivity contribution in [3.05, 3.63) is 73.0 Å². The number of aromatic nitrogens is 4. The number of anilines is 1. The molecule has 0 saturated heterocycles. The van der Waals surface area contributed by atoms with Crippen LogP contribution in [0.4, 0.5) is 5.69 Å². The third kappa shape index (κ3) is 4.10. The largest absolute Gasteiger partial charge is 0.318 e. The third-order valence-corrected chi connectivity index (χ3v) is 7.05. The van der Waals surface area contributed by atoms with Gasteiger partial charge in [-0.3, -0.25) is 23.6 Å². The first-order valence-electron chi connectivity index (χ1n) is 10.9. The van der Waals surface area contributed by atoms with Gasteiger partial charge in [-0.15, -0.1) is 11.3 Å². The van der Waals surface area contributed by atoms with Crippen LogP contribution in [0.5, 0.6) is 0 Å². The molecule has 9 nitrogen and oxygen atoms in total. The summed E-state index contributed by atoms with van der Waals surface area (Å²) in [7, 11) is 5.52. The number of hydrogen-bond acceptors (Lipinski definition) is 6. The maximum absolute atomic E-state index is 13.4. The van der Waals surface area contributed by atoms with Crippen LogP contribution in [-0.2, 0) is 24.9 Å². The Bertz CT molecular complexity index is 1510. The summed E-state index contributed by atoms with van der Waals surface area (Å²) in [4.78, 5) is 47.9. The molecular formula is C24H28N6O3S. The van der Waals surface area contributed by atoms with Crippen molar-refractivity contribution in [3.63, 3.8) is 0 Å². The molecule has 4 aromatic rings. The fourth-order valence-corrected chi connectivity index (χ4v) is 5.01. The molecule has 0 saturated carbocycles. The highest BCUT2D eigenvalue weighted by molar-refractivity contribution is 7.18. The quantitative estimate of drug-likeness (QED) is 0.458. The third-order valence-electron chi connectivity index (χ3n) is 5.95. The molecule has 10 heteroatoms. The number of aryl methyl sites for hydroxylation is 2. The Balaban J connectivity index is 1.72. The Morgan fingerprint density at radius 3 is 2.41 bits per heavy atom. The van der Waals surface area contributed by atoms with Crippen molar-refractivity contribution < 1.29 is 4.79 Å². The number of amides is 1. The highest BCUT2D eigenvalue weighted by atomic mass is 32.1. The van der Waals surface area contributed by atoms with E-state index in [2.05, 4.69) is 5.32 Å². The van der Waals surface area contributed by atoms with Gasteiger partial charge in [0.1, 0.15) is 22.9 Å². The second kappa shape index (κ2) is 9.03. The van der Waals surface area contributed by atoms with Gasteiger partial charge < -0.3 is 10.2 Å². The molecule has 0 radical (unpaired) electrons. The maximum Gasteiger partial charge on any atom is 0.295 e. The lowest BCUT2D eigenvalue weighted by molar-refractivity contribution is -0.116. The summed E-state index contributed by atoms with van der Waals surface area (Å²) in [6.07, 6.45) is 0. The highest BCUT2D eigenvalue weighted by Crippen LogP contribution is 2.26. The van der Waals surface area contributed by atoms with Crippen LogP contribution in [0.15, 0.2) is 39.9 Å². The van der Waals surface area contributed by atoms with Gasteiger partial charge in [-0.05, 0) is 52.6 Å². The normalized spacial score (nSPS) is 11.5. The molecule has 0 bridgehead atoms. The van der Waals surface area contributed by atoms with E-state index in [1.54, 1.807) is 18.7 Å². The molecule has 0 aliphatic carbocycles. The first-order chi connectivity index (χ1) is 16.1. The zero-order chi connectivity index (χ0) is 24.7. The van der Waals surface area contributed by atoms with Crippen LogP contribution in [0.2, 0.25) is 0 Å². The van der Waals surface area contributed by atoms with Crippen LogP contribution in [-0.4, -0.2) is 43.8 Å². The summed E-state index contributed by atoms with van der Waals surface area (Å²) < 4.78 is 4.60. The molecule has 0 aliphatic rings. The van der Waals surface area contributed by atoms with Crippen molar-refractivity contribution in [2.45, 2.75) is 33.9 Å². The van der Waals surface area contributed by atoms with Crippen molar-refractivity contribution in [2.24, 2.45) is 7.05 Å². The van der Waals surface area contributed by atoms with Crippen molar-refractivity contribution in [2.75, 3.05) is 19.4 Å². The Labute approximate surface area is 200 Å². The van der Waals surface area contributed by atoms with Crippen LogP contribution in [0.1, 0.15) is 22.0 Å². The molecule has 1 amide bonds. The van der Waals surface area contributed by atoms with E-state index in [4.69, 9.17) is 4.98 Å². The second-order valence-corrected chi connectivity index (χ2v) is 9.81. The van der Waals surface area contributed by atoms with Crippen LogP contribution >= 0.6 is 11.3 Å². The number of rotatable bonds is 6. The SMILES string of the molecule is Cc1sc2nc(CN(C)C)n(CC(=O)Nc3c(C)n(C)n(-c4ccccc4)c3=O)c(=O)c2c1C. The van der Waals surface area contributed by atoms with E-state index in [0.717, 1.165) is 10.4 Å². The van der Waals surface area contributed by atoms with E-state index in [1.165, 1.54) is 20.6 Å². The van der Waals surface area contributed by atoms with Gasteiger partial charge in [0.2, 0.25) is 5.91 Å². The van der Waals surface area contributed by atoms with Gasteiger partial charge in [-0.2, -0.15) is 0 Å². The minimum atomic E-state index is -0.459. The molecule has 0 aliphatic heterocycles. The van der Waals surface area contributed by atoms with Gasteiger partial charge in [-0.25, -0.2) is 9.67 Å². The Morgan fingerprint density at radius 2 is 1.76 bits per heavy atom. The number of para-hydroxylation sites is 1. The predicted molar refractivity (Wildman–Crippen MR) is 135 cm³/mol. The molecule has 1 N–H and O–H groups in total. The fourth-order valence-electron chi connectivity index (χ4n) is 3.97. The minimum absolute atomic E-state index is 0.190. The number of nitrogens with one attached hydrogen (secondary N) is 1. The summed E-state index contributed by atoms with van der Waals surface area (Å²) >= 11 is 1.48. The molecule has 3 aromatic heterocycles. The van der Waals surface area contributed by atoms with E-state index in [9.17, 15) is 14.4 Å². The molecule has 34 heavy (non-hydrogen) atoms. The second-order valence-electron chi connectivity index (χ2n) is 8.61. The smallest absolute Gasteiger partial charge is 0.295 e. The molecule has 1 aromatic carbocycles. The fraction of sp³-hybridized carbons (Fsp3) is 0.333. The number of nitrogens with zero attached hydrogens (tertiary/aromatic N) is 5. The van der Waals surface area contributed by atoms with Crippen LogP contribution < -0.4 is 16.4 Å².